The number of para-hydroxylation sites is 1. The maximum atomic E-state index is 12.2. The van der Waals surface area contributed by atoms with E-state index in [0.29, 0.717) is 6.54 Å². The van der Waals surface area contributed by atoms with Gasteiger partial charge in [-0.05, 0) is 44.3 Å². The number of hydrogen-bond acceptors (Lipinski definition) is 4. The van der Waals surface area contributed by atoms with Crippen LogP contribution in [0.5, 0.6) is 0 Å². The molecule has 1 aromatic heterocycles. The predicted molar refractivity (Wildman–Crippen MR) is 92.4 cm³/mol. The van der Waals surface area contributed by atoms with Crippen LogP contribution in [0.1, 0.15) is 15.2 Å². The number of nitrogens with zero attached hydrogens (tertiary/aromatic N) is 2. The minimum absolute atomic E-state index is 0.0191. The van der Waals surface area contributed by atoms with Gasteiger partial charge in [-0.15, -0.1) is 11.3 Å². The van der Waals surface area contributed by atoms with Crippen LogP contribution in [0, 0.1) is 0 Å². The third kappa shape index (κ3) is 3.15. The first-order valence-electron chi connectivity index (χ1n) is 7.53. The number of fused-ring (bicyclic) bond motifs is 1. The number of thiophene rings is 1. The lowest BCUT2D eigenvalue weighted by Crippen LogP contribution is -2.30. The van der Waals surface area contributed by atoms with Gasteiger partial charge in [0, 0.05) is 25.3 Å². The molecule has 22 heavy (non-hydrogen) atoms. The zero-order valence-electron chi connectivity index (χ0n) is 13.0. The molecule has 0 fully saturated rings. The normalized spacial score (nSPS) is 13.5. The Kier molecular flexibility index (Phi) is 4.45. The molecule has 0 aliphatic carbocycles. The van der Waals surface area contributed by atoms with Gasteiger partial charge in [-0.2, -0.15) is 0 Å². The van der Waals surface area contributed by atoms with Crippen molar-refractivity contribution in [1.29, 1.82) is 0 Å². The van der Waals surface area contributed by atoms with Crippen LogP contribution in [-0.2, 0) is 6.42 Å². The molecular formula is C17H21N3OS. The highest BCUT2D eigenvalue weighted by Gasteiger charge is 2.21. The van der Waals surface area contributed by atoms with Crippen LogP contribution in [0.4, 0.5) is 10.7 Å². The Labute approximate surface area is 135 Å². The first-order valence-corrected chi connectivity index (χ1v) is 8.35. The molecule has 2 heterocycles. The van der Waals surface area contributed by atoms with Crippen molar-refractivity contribution in [2.45, 2.75) is 6.42 Å². The van der Waals surface area contributed by atoms with Crippen LogP contribution < -0.4 is 10.2 Å². The van der Waals surface area contributed by atoms with E-state index in [0.717, 1.165) is 29.4 Å². The number of hydrogen-bond donors (Lipinski definition) is 1. The molecule has 5 heteroatoms. The van der Waals surface area contributed by atoms with Crippen molar-refractivity contribution < 1.29 is 4.79 Å². The molecule has 3 rings (SSSR count). The van der Waals surface area contributed by atoms with Gasteiger partial charge >= 0.3 is 0 Å². The molecule has 1 aliphatic heterocycles. The molecule has 116 valence electrons. The van der Waals surface area contributed by atoms with Crippen molar-refractivity contribution in [2.75, 3.05) is 38.6 Å². The summed E-state index contributed by atoms with van der Waals surface area (Å²) in [6.07, 6.45) is 1.07. The number of rotatable bonds is 5. The lowest BCUT2D eigenvalue weighted by atomic mass is 10.2. The molecule has 0 spiro atoms. The van der Waals surface area contributed by atoms with Gasteiger partial charge in [0.2, 0.25) is 0 Å². The molecular weight excluding hydrogens is 294 g/mol. The summed E-state index contributed by atoms with van der Waals surface area (Å²) in [7, 11) is 4.00. The van der Waals surface area contributed by atoms with E-state index in [9.17, 15) is 4.79 Å². The highest BCUT2D eigenvalue weighted by atomic mass is 32.1. The fourth-order valence-electron chi connectivity index (χ4n) is 2.64. The van der Waals surface area contributed by atoms with Crippen molar-refractivity contribution in [3.63, 3.8) is 0 Å². The summed E-state index contributed by atoms with van der Waals surface area (Å²) < 4.78 is 0. The fraction of sp³-hybridized carbons (Fsp3) is 0.353. The standard InChI is InChI=1S/C17H21N3OS/c1-19(2)12-10-18-17(21)15-7-8-16(22-15)20-11-9-13-5-3-4-6-14(13)20/h3-8H,9-12H2,1-2H3,(H,18,21). The Morgan fingerprint density at radius 3 is 2.91 bits per heavy atom. The summed E-state index contributed by atoms with van der Waals surface area (Å²) in [6, 6.07) is 12.5. The lowest BCUT2D eigenvalue weighted by molar-refractivity contribution is 0.0955. The predicted octanol–water partition coefficient (Wildman–Crippen LogP) is 2.73. The number of likely N-dealkylation sites (N-methyl/N-ethyl adjacent to an activating group) is 1. The summed E-state index contributed by atoms with van der Waals surface area (Å²) in [5, 5.41) is 4.11. The molecule has 1 aromatic carbocycles. The van der Waals surface area contributed by atoms with Gasteiger partial charge in [-0.1, -0.05) is 18.2 Å². The van der Waals surface area contributed by atoms with Gasteiger partial charge in [0.1, 0.15) is 0 Å². The second-order valence-corrected chi connectivity index (χ2v) is 6.79. The quantitative estimate of drug-likeness (QED) is 0.921. The van der Waals surface area contributed by atoms with E-state index in [-0.39, 0.29) is 5.91 Å². The molecule has 4 nitrogen and oxygen atoms in total. The molecule has 2 aromatic rings. The van der Waals surface area contributed by atoms with Crippen LogP contribution in [0.2, 0.25) is 0 Å². The number of nitrogens with one attached hydrogen (secondary N) is 1. The minimum Gasteiger partial charge on any atom is -0.350 e. The van der Waals surface area contributed by atoms with Crippen molar-refractivity contribution in [3.05, 3.63) is 46.8 Å². The van der Waals surface area contributed by atoms with E-state index in [2.05, 4.69) is 39.4 Å². The number of carbonyl (C=O) groups excluding carboxylic acids is 1. The average Bonchev–Trinajstić information content (AvgIpc) is 3.13. The first-order chi connectivity index (χ1) is 10.6. The lowest BCUT2D eigenvalue weighted by Gasteiger charge is -2.16. The molecule has 0 saturated heterocycles. The summed E-state index contributed by atoms with van der Waals surface area (Å²) in [4.78, 5) is 17.3. The number of carbonyl (C=O) groups is 1. The smallest absolute Gasteiger partial charge is 0.261 e. The first kappa shape index (κ1) is 15.1. The summed E-state index contributed by atoms with van der Waals surface area (Å²) in [5.41, 5.74) is 2.65. The maximum Gasteiger partial charge on any atom is 0.261 e. The highest BCUT2D eigenvalue weighted by molar-refractivity contribution is 7.18. The van der Waals surface area contributed by atoms with Crippen LogP contribution >= 0.6 is 11.3 Å². The third-order valence-electron chi connectivity index (χ3n) is 3.81. The van der Waals surface area contributed by atoms with E-state index in [1.165, 1.54) is 11.3 Å². The Morgan fingerprint density at radius 1 is 1.27 bits per heavy atom. The minimum atomic E-state index is 0.0191. The SMILES string of the molecule is CN(C)CCNC(=O)c1ccc(N2CCc3ccccc32)s1. The zero-order chi connectivity index (χ0) is 15.5. The molecule has 0 unspecified atom stereocenters. The molecule has 1 amide bonds. The van der Waals surface area contributed by atoms with Crippen LogP contribution in [-0.4, -0.2) is 44.5 Å². The van der Waals surface area contributed by atoms with Gasteiger partial charge < -0.3 is 15.1 Å². The molecule has 0 radical (unpaired) electrons. The fourth-order valence-corrected chi connectivity index (χ4v) is 3.60. The second kappa shape index (κ2) is 6.50. The van der Waals surface area contributed by atoms with E-state index in [1.807, 2.05) is 26.2 Å². The number of amides is 1. The van der Waals surface area contributed by atoms with E-state index >= 15 is 0 Å². The monoisotopic (exact) mass is 315 g/mol. The van der Waals surface area contributed by atoms with Crippen molar-refractivity contribution in [2.24, 2.45) is 0 Å². The van der Waals surface area contributed by atoms with Crippen molar-refractivity contribution in [3.8, 4) is 0 Å². The summed E-state index contributed by atoms with van der Waals surface area (Å²) >= 11 is 1.56. The Morgan fingerprint density at radius 2 is 2.09 bits per heavy atom. The van der Waals surface area contributed by atoms with Crippen LogP contribution in [0.25, 0.3) is 0 Å². The highest BCUT2D eigenvalue weighted by Crippen LogP contribution is 2.37. The topological polar surface area (TPSA) is 35.6 Å². The van der Waals surface area contributed by atoms with Crippen molar-refractivity contribution >= 4 is 27.9 Å². The third-order valence-corrected chi connectivity index (χ3v) is 4.92. The van der Waals surface area contributed by atoms with Gasteiger partial charge in [0.25, 0.3) is 5.91 Å². The van der Waals surface area contributed by atoms with E-state index in [1.54, 1.807) is 11.3 Å². The van der Waals surface area contributed by atoms with E-state index in [4.69, 9.17) is 0 Å². The zero-order valence-corrected chi connectivity index (χ0v) is 13.8. The largest absolute Gasteiger partial charge is 0.350 e. The molecule has 0 bridgehead atoms. The average molecular weight is 315 g/mol. The van der Waals surface area contributed by atoms with Crippen LogP contribution in [0.3, 0.4) is 0 Å². The molecule has 1 N–H and O–H groups in total. The number of benzene rings is 1. The second-order valence-electron chi connectivity index (χ2n) is 5.73. The summed E-state index contributed by atoms with van der Waals surface area (Å²) in [6.45, 7) is 2.51. The Hall–Kier alpha value is -1.85. The van der Waals surface area contributed by atoms with Crippen molar-refractivity contribution in [1.82, 2.24) is 10.2 Å². The van der Waals surface area contributed by atoms with E-state index < -0.39 is 0 Å². The molecule has 1 aliphatic rings. The van der Waals surface area contributed by atoms with Gasteiger partial charge in [0.15, 0.2) is 0 Å². The van der Waals surface area contributed by atoms with Crippen LogP contribution in [0.15, 0.2) is 36.4 Å². The Balaban J connectivity index is 1.68. The number of anilines is 2. The Bertz CT molecular complexity index is 665. The van der Waals surface area contributed by atoms with Gasteiger partial charge in [-0.3, -0.25) is 4.79 Å². The molecule has 0 atom stereocenters. The van der Waals surface area contributed by atoms with Gasteiger partial charge in [-0.25, -0.2) is 0 Å². The summed E-state index contributed by atoms with van der Waals surface area (Å²) in [5.74, 6) is 0.0191. The van der Waals surface area contributed by atoms with Gasteiger partial charge in [0.05, 0.1) is 9.88 Å². The molecule has 0 saturated carbocycles. The maximum absolute atomic E-state index is 12.2.